The van der Waals surface area contributed by atoms with Crippen molar-refractivity contribution in [3.63, 3.8) is 0 Å². The van der Waals surface area contributed by atoms with Crippen molar-refractivity contribution in [2.24, 2.45) is 22.7 Å². The summed E-state index contributed by atoms with van der Waals surface area (Å²) in [5, 5.41) is 11.6. The third-order valence-electron chi connectivity index (χ3n) is 3.89. The number of carbonyl (C=O) groups excluding carboxylic acids is 1. The largest absolute Gasteiger partial charge is 0.409 e. The molecule has 1 fully saturated rings. The normalized spacial score (nSPS) is 17.4. The first kappa shape index (κ1) is 16.8. The summed E-state index contributed by atoms with van der Waals surface area (Å²) in [7, 11) is 0. The predicted octanol–water partition coefficient (Wildman–Crippen LogP) is 2.58. The van der Waals surface area contributed by atoms with E-state index in [1.165, 1.54) is 32.1 Å². The molecule has 0 aliphatic heterocycles. The quantitative estimate of drug-likeness (QED) is 0.326. The van der Waals surface area contributed by atoms with Crippen molar-refractivity contribution >= 4 is 11.7 Å². The highest BCUT2D eigenvalue weighted by atomic mass is 16.4. The zero-order valence-corrected chi connectivity index (χ0v) is 12.8. The Labute approximate surface area is 122 Å². The van der Waals surface area contributed by atoms with Crippen molar-refractivity contribution < 1.29 is 10.0 Å². The lowest BCUT2D eigenvalue weighted by atomic mass is 9.86. The van der Waals surface area contributed by atoms with E-state index in [1.54, 1.807) is 0 Å². The second-order valence-electron chi connectivity index (χ2n) is 6.28. The number of hydrogen-bond acceptors (Lipinski definition) is 3. The van der Waals surface area contributed by atoms with Crippen LogP contribution in [0.25, 0.3) is 0 Å². The summed E-state index contributed by atoms with van der Waals surface area (Å²) in [5.41, 5.74) is 5.50. The summed E-state index contributed by atoms with van der Waals surface area (Å²) < 4.78 is 0. The Balaban J connectivity index is 2.49. The van der Waals surface area contributed by atoms with Gasteiger partial charge in [0.2, 0.25) is 5.91 Å². The van der Waals surface area contributed by atoms with Crippen molar-refractivity contribution in [3.05, 3.63) is 0 Å². The van der Waals surface area contributed by atoms with Gasteiger partial charge in [-0.1, -0.05) is 38.3 Å². The fourth-order valence-electron chi connectivity index (χ4n) is 2.83. The number of carbonyl (C=O) groups is 1. The molecule has 5 heteroatoms. The monoisotopic (exact) mass is 283 g/mol. The molecule has 1 amide bonds. The van der Waals surface area contributed by atoms with Crippen LogP contribution in [0.2, 0.25) is 0 Å². The van der Waals surface area contributed by atoms with Crippen molar-refractivity contribution in [2.45, 2.75) is 58.8 Å². The van der Waals surface area contributed by atoms with E-state index in [0.717, 1.165) is 6.54 Å². The first-order chi connectivity index (χ1) is 9.52. The number of nitrogens with two attached hydrogens (primary N) is 1. The van der Waals surface area contributed by atoms with Gasteiger partial charge in [0.05, 0.1) is 0 Å². The predicted molar refractivity (Wildman–Crippen MR) is 80.6 cm³/mol. The lowest BCUT2D eigenvalue weighted by Gasteiger charge is -2.28. The van der Waals surface area contributed by atoms with Crippen molar-refractivity contribution in [1.82, 2.24) is 4.90 Å². The molecule has 1 aliphatic carbocycles. The maximum Gasteiger partial charge on any atom is 0.222 e. The Bertz CT molecular complexity index is 323. The van der Waals surface area contributed by atoms with E-state index >= 15 is 0 Å². The average molecular weight is 283 g/mol. The highest BCUT2D eigenvalue weighted by Crippen LogP contribution is 2.27. The van der Waals surface area contributed by atoms with E-state index in [0.29, 0.717) is 31.2 Å². The summed E-state index contributed by atoms with van der Waals surface area (Å²) in [6.07, 6.45) is 7.27. The average Bonchev–Trinajstić information content (AvgIpc) is 2.43. The number of rotatable bonds is 7. The van der Waals surface area contributed by atoms with Gasteiger partial charge in [-0.2, -0.15) is 0 Å². The van der Waals surface area contributed by atoms with Gasteiger partial charge in [0.25, 0.3) is 0 Å². The van der Waals surface area contributed by atoms with Crippen molar-refractivity contribution in [2.75, 3.05) is 13.1 Å². The minimum Gasteiger partial charge on any atom is -0.409 e. The first-order valence-electron chi connectivity index (χ1n) is 7.77. The van der Waals surface area contributed by atoms with Crippen LogP contribution in [0.4, 0.5) is 0 Å². The minimum absolute atomic E-state index is 0.184. The smallest absolute Gasteiger partial charge is 0.222 e. The fraction of sp³-hybridized carbons (Fsp3) is 0.867. The summed E-state index contributed by atoms with van der Waals surface area (Å²) in [6, 6.07) is 0. The molecule has 1 saturated carbocycles. The maximum atomic E-state index is 12.4. The third-order valence-corrected chi connectivity index (χ3v) is 3.89. The van der Waals surface area contributed by atoms with Crippen LogP contribution >= 0.6 is 0 Å². The third kappa shape index (κ3) is 6.26. The molecule has 5 nitrogen and oxygen atoms in total. The van der Waals surface area contributed by atoms with Crippen LogP contribution < -0.4 is 5.73 Å². The maximum absolute atomic E-state index is 12.4. The zero-order chi connectivity index (χ0) is 15.0. The van der Waals surface area contributed by atoms with Gasteiger partial charge in [-0.3, -0.25) is 4.79 Å². The molecule has 116 valence electrons. The van der Waals surface area contributed by atoms with Crippen LogP contribution in [0.15, 0.2) is 5.16 Å². The highest BCUT2D eigenvalue weighted by Gasteiger charge is 2.21. The summed E-state index contributed by atoms with van der Waals surface area (Å²) in [4.78, 5) is 14.3. The van der Waals surface area contributed by atoms with Gasteiger partial charge in [-0.25, -0.2) is 0 Å². The Hall–Kier alpha value is -1.26. The molecule has 0 unspecified atom stereocenters. The molecule has 0 saturated heterocycles. The topological polar surface area (TPSA) is 78.9 Å². The molecular formula is C15H29N3O2. The van der Waals surface area contributed by atoms with Crippen LogP contribution in [0.3, 0.4) is 0 Å². The standard InChI is InChI=1S/C15H29N3O2/c1-12(2)11-18(9-8-14(16)17-20)15(19)10-13-6-4-3-5-7-13/h12-13,20H,3-11H2,1-2H3,(H2,16,17). The number of nitrogens with zero attached hydrogens (tertiary/aromatic N) is 2. The van der Waals surface area contributed by atoms with E-state index in [-0.39, 0.29) is 11.7 Å². The lowest BCUT2D eigenvalue weighted by Crippen LogP contribution is -2.37. The number of hydrogen-bond donors (Lipinski definition) is 2. The molecule has 0 radical (unpaired) electrons. The molecular weight excluding hydrogens is 254 g/mol. The second kappa shape index (κ2) is 8.82. The molecule has 0 aromatic heterocycles. The SMILES string of the molecule is CC(C)CN(CCC(N)=NO)C(=O)CC1CCCCC1. The van der Waals surface area contributed by atoms with Crippen molar-refractivity contribution in [1.29, 1.82) is 0 Å². The van der Waals surface area contributed by atoms with Gasteiger partial charge in [0, 0.05) is 25.9 Å². The second-order valence-corrected chi connectivity index (χ2v) is 6.28. The van der Waals surface area contributed by atoms with E-state index in [9.17, 15) is 4.79 Å². The first-order valence-corrected chi connectivity index (χ1v) is 7.77. The van der Waals surface area contributed by atoms with Gasteiger partial charge >= 0.3 is 0 Å². The Kier molecular flexibility index (Phi) is 7.41. The van der Waals surface area contributed by atoms with E-state index in [2.05, 4.69) is 19.0 Å². The summed E-state index contributed by atoms with van der Waals surface area (Å²) >= 11 is 0. The lowest BCUT2D eigenvalue weighted by molar-refractivity contribution is -0.132. The Morgan fingerprint density at radius 3 is 2.55 bits per heavy atom. The molecule has 0 spiro atoms. The molecule has 1 rings (SSSR count). The zero-order valence-electron chi connectivity index (χ0n) is 12.8. The molecule has 3 N–H and O–H groups in total. The number of oxime groups is 1. The van der Waals surface area contributed by atoms with Crippen LogP contribution in [0, 0.1) is 11.8 Å². The van der Waals surface area contributed by atoms with Crippen LogP contribution in [0.5, 0.6) is 0 Å². The molecule has 0 aromatic rings. The number of amidine groups is 1. The van der Waals surface area contributed by atoms with Gasteiger partial charge < -0.3 is 15.8 Å². The van der Waals surface area contributed by atoms with Crippen molar-refractivity contribution in [3.8, 4) is 0 Å². The van der Waals surface area contributed by atoms with Gasteiger partial charge in [-0.05, 0) is 24.7 Å². The molecule has 0 atom stereocenters. The Morgan fingerprint density at radius 2 is 2.00 bits per heavy atom. The van der Waals surface area contributed by atoms with Crippen LogP contribution in [0.1, 0.15) is 58.8 Å². The van der Waals surface area contributed by atoms with E-state index in [1.807, 2.05) is 4.90 Å². The van der Waals surface area contributed by atoms with E-state index < -0.39 is 0 Å². The molecule has 1 aliphatic rings. The fourth-order valence-corrected chi connectivity index (χ4v) is 2.83. The highest BCUT2D eigenvalue weighted by molar-refractivity contribution is 5.81. The van der Waals surface area contributed by atoms with Crippen LogP contribution in [-0.2, 0) is 4.79 Å². The summed E-state index contributed by atoms with van der Waals surface area (Å²) in [5.74, 6) is 1.38. The van der Waals surface area contributed by atoms with Crippen LogP contribution in [-0.4, -0.2) is 34.9 Å². The number of amides is 1. The van der Waals surface area contributed by atoms with Gasteiger partial charge in [-0.15, -0.1) is 0 Å². The van der Waals surface area contributed by atoms with Gasteiger partial charge in [0.1, 0.15) is 5.84 Å². The van der Waals surface area contributed by atoms with E-state index in [4.69, 9.17) is 10.9 Å². The molecule has 0 bridgehead atoms. The minimum atomic E-state index is 0.184. The molecule has 0 aromatic carbocycles. The molecule has 0 heterocycles. The molecule has 20 heavy (non-hydrogen) atoms. The van der Waals surface area contributed by atoms with Gasteiger partial charge in [0.15, 0.2) is 0 Å². The Morgan fingerprint density at radius 1 is 1.35 bits per heavy atom. The summed E-state index contributed by atoms with van der Waals surface area (Å²) in [6.45, 7) is 5.48.